The second-order valence-corrected chi connectivity index (χ2v) is 15.3. The van der Waals surface area contributed by atoms with Crippen molar-refractivity contribution in [3.8, 4) is 45.3 Å². The predicted molar refractivity (Wildman–Crippen MR) is 215 cm³/mol. The van der Waals surface area contributed by atoms with Crippen LogP contribution in [0.2, 0.25) is 0 Å². The third kappa shape index (κ3) is 7.75. The van der Waals surface area contributed by atoms with Gasteiger partial charge in [0.2, 0.25) is 0 Å². The third-order valence-corrected chi connectivity index (χ3v) is 11.6. The first kappa shape index (κ1) is 35.1. The van der Waals surface area contributed by atoms with Gasteiger partial charge in [0.1, 0.15) is 11.5 Å². The molecule has 6 heteroatoms. The van der Waals surface area contributed by atoms with E-state index < -0.39 is 0 Å². The molecule has 6 nitrogen and oxygen atoms in total. The van der Waals surface area contributed by atoms with E-state index in [0.29, 0.717) is 23.6 Å². The number of hydrogen-bond acceptors (Lipinski definition) is 6. The standard InChI is InChI=1S/C47H52N2O4/c1-31-43(34-11-12-34)25-38(27-45(31)51-2)36-9-5-7-32(23-36)29-48-21-19-41(20-22-48)49(40-15-17-42(50)18-16-40)30-33-8-6-10-37(24-33)39-26-44(35-13-14-35)47(53-4)46(28-39)52-3/h5-10,15-18,23-28,34-35,41,50H,11-14,19-22,29-30H2,1-4H3. The van der Waals surface area contributed by atoms with Crippen LogP contribution in [0.15, 0.2) is 97.1 Å². The minimum absolute atomic E-state index is 0.292. The summed E-state index contributed by atoms with van der Waals surface area (Å²) in [7, 11) is 5.24. The molecular formula is C47H52N2O4. The minimum Gasteiger partial charge on any atom is -0.508 e. The van der Waals surface area contributed by atoms with Gasteiger partial charge in [-0.25, -0.2) is 0 Å². The largest absolute Gasteiger partial charge is 0.508 e. The first-order valence-corrected chi connectivity index (χ1v) is 19.3. The fourth-order valence-corrected chi connectivity index (χ4v) is 8.38. The van der Waals surface area contributed by atoms with Crippen LogP contribution < -0.4 is 19.1 Å². The summed E-state index contributed by atoms with van der Waals surface area (Å²) in [5.74, 6) is 4.16. The summed E-state index contributed by atoms with van der Waals surface area (Å²) in [5, 5.41) is 10.1. The summed E-state index contributed by atoms with van der Waals surface area (Å²) in [4.78, 5) is 5.15. The fraction of sp³-hybridized carbons (Fsp3) is 0.362. The zero-order valence-corrected chi connectivity index (χ0v) is 31.6. The van der Waals surface area contributed by atoms with Gasteiger partial charge < -0.3 is 24.2 Å². The Morgan fingerprint density at radius 3 is 1.83 bits per heavy atom. The highest BCUT2D eigenvalue weighted by Crippen LogP contribution is 2.49. The topological polar surface area (TPSA) is 54.4 Å². The smallest absolute Gasteiger partial charge is 0.164 e. The maximum Gasteiger partial charge on any atom is 0.164 e. The fourth-order valence-electron chi connectivity index (χ4n) is 8.38. The number of anilines is 1. The van der Waals surface area contributed by atoms with E-state index in [9.17, 15) is 5.11 Å². The number of hydrogen-bond donors (Lipinski definition) is 1. The molecule has 8 rings (SSSR count). The number of phenolic OH excluding ortho intramolecular Hbond substituents is 1. The van der Waals surface area contributed by atoms with Gasteiger partial charge in [-0.2, -0.15) is 0 Å². The maximum atomic E-state index is 10.1. The highest BCUT2D eigenvalue weighted by atomic mass is 16.5. The van der Waals surface area contributed by atoms with Crippen LogP contribution in [-0.2, 0) is 13.1 Å². The molecule has 0 unspecified atom stereocenters. The zero-order chi connectivity index (χ0) is 36.5. The second-order valence-electron chi connectivity index (χ2n) is 15.3. The van der Waals surface area contributed by atoms with E-state index >= 15 is 0 Å². The van der Waals surface area contributed by atoms with Gasteiger partial charge in [-0.15, -0.1) is 0 Å². The average Bonchev–Trinajstić information content (AvgIpc) is 4.13. The lowest BCUT2D eigenvalue weighted by molar-refractivity contribution is 0.201. The molecule has 1 aliphatic heterocycles. The van der Waals surface area contributed by atoms with E-state index in [1.807, 2.05) is 0 Å². The van der Waals surface area contributed by atoms with Crippen molar-refractivity contribution in [1.82, 2.24) is 4.90 Å². The van der Waals surface area contributed by atoms with Crippen molar-refractivity contribution >= 4 is 5.69 Å². The number of methoxy groups -OCH3 is 3. The highest BCUT2D eigenvalue weighted by Gasteiger charge is 2.30. The molecule has 53 heavy (non-hydrogen) atoms. The molecule has 1 heterocycles. The number of rotatable bonds is 13. The summed E-state index contributed by atoms with van der Waals surface area (Å²) in [5.41, 5.74) is 12.6. The number of aromatic hydroxyl groups is 1. The van der Waals surface area contributed by atoms with Gasteiger partial charge in [0.25, 0.3) is 0 Å². The van der Waals surface area contributed by atoms with Gasteiger partial charge in [-0.05, 0) is 156 Å². The molecule has 0 bridgehead atoms. The number of nitrogens with zero attached hydrogens (tertiary/aromatic N) is 2. The van der Waals surface area contributed by atoms with Gasteiger partial charge in [0.15, 0.2) is 11.5 Å². The van der Waals surface area contributed by atoms with E-state index in [0.717, 1.165) is 67.5 Å². The Balaban J connectivity index is 0.986. The van der Waals surface area contributed by atoms with Crippen molar-refractivity contribution in [3.63, 3.8) is 0 Å². The normalized spacial score (nSPS) is 16.4. The van der Waals surface area contributed by atoms with E-state index in [1.165, 1.54) is 70.2 Å². The molecule has 3 fully saturated rings. The summed E-state index contributed by atoms with van der Waals surface area (Å²) < 4.78 is 17.4. The Morgan fingerprint density at radius 2 is 1.21 bits per heavy atom. The van der Waals surface area contributed by atoms with Crippen molar-refractivity contribution < 1.29 is 19.3 Å². The van der Waals surface area contributed by atoms with Crippen molar-refractivity contribution in [1.29, 1.82) is 0 Å². The van der Waals surface area contributed by atoms with Crippen molar-refractivity contribution in [2.24, 2.45) is 0 Å². The molecule has 5 aromatic carbocycles. The molecule has 0 spiro atoms. The van der Waals surface area contributed by atoms with Crippen LogP contribution in [0.1, 0.15) is 78.2 Å². The summed E-state index contributed by atoms with van der Waals surface area (Å²) in [6.45, 7) is 5.98. The predicted octanol–water partition coefficient (Wildman–Crippen LogP) is 10.5. The Labute approximate surface area is 315 Å². The van der Waals surface area contributed by atoms with Crippen LogP contribution in [0.4, 0.5) is 5.69 Å². The first-order chi connectivity index (χ1) is 25.9. The van der Waals surface area contributed by atoms with Gasteiger partial charge in [-0.3, -0.25) is 4.90 Å². The van der Waals surface area contributed by atoms with Crippen LogP contribution in [0.3, 0.4) is 0 Å². The lowest BCUT2D eigenvalue weighted by Crippen LogP contribution is -2.44. The zero-order valence-electron chi connectivity index (χ0n) is 31.6. The number of ether oxygens (including phenoxy) is 3. The van der Waals surface area contributed by atoms with Crippen LogP contribution in [0, 0.1) is 6.92 Å². The van der Waals surface area contributed by atoms with Gasteiger partial charge >= 0.3 is 0 Å². The maximum absolute atomic E-state index is 10.1. The number of benzene rings is 5. The van der Waals surface area contributed by atoms with Crippen molar-refractivity contribution in [3.05, 3.63) is 125 Å². The number of likely N-dealkylation sites (tertiary alicyclic amines) is 1. The molecule has 0 atom stereocenters. The molecule has 0 radical (unpaired) electrons. The Morgan fingerprint density at radius 1 is 0.623 bits per heavy atom. The van der Waals surface area contributed by atoms with Crippen molar-refractivity contribution in [2.75, 3.05) is 39.3 Å². The highest BCUT2D eigenvalue weighted by molar-refractivity contribution is 5.71. The molecule has 274 valence electrons. The lowest BCUT2D eigenvalue weighted by atomic mass is 9.95. The molecule has 0 aromatic heterocycles. The second kappa shape index (κ2) is 15.2. The molecule has 3 aliphatic rings. The summed E-state index contributed by atoms with van der Waals surface area (Å²) in [6, 6.07) is 35.1. The van der Waals surface area contributed by atoms with E-state index in [2.05, 4.69) is 102 Å². The molecular weight excluding hydrogens is 657 g/mol. The Hall–Kier alpha value is -4.94. The van der Waals surface area contributed by atoms with Gasteiger partial charge in [-0.1, -0.05) is 42.5 Å². The molecule has 0 amide bonds. The van der Waals surface area contributed by atoms with Crippen LogP contribution in [-0.4, -0.2) is 50.5 Å². The molecule has 1 N–H and O–H groups in total. The number of phenols is 1. The van der Waals surface area contributed by atoms with E-state index in [4.69, 9.17) is 14.2 Å². The van der Waals surface area contributed by atoms with E-state index in [-0.39, 0.29) is 0 Å². The first-order valence-electron chi connectivity index (χ1n) is 19.3. The third-order valence-electron chi connectivity index (χ3n) is 11.6. The molecule has 5 aromatic rings. The minimum atomic E-state index is 0.292. The molecule has 1 saturated heterocycles. The monoisotopic (exact) mass is 708 g/mol. The quantitative estimate of drug-likeness (QED) is 0.131. The van der Waals surface area contributed by atoms with E-state index in [1.54, 1.807) is 33.5 Å². The molecule has 2 aliphatic carbocycles. The average molecular weight is 709 g/mol. The lowest BCUT2D eigenvalue weighted by Gasteiger charge is -2.40. The van der Waals surface area contributed by atoms with Gasteiger partial charge in [0, 0.05) is 43.5 Å². The van der Waals surface area contributed by atoms with Crippen LogP contribution in [0.25, 0.3) is 22.3 Å². The number of piperidine rings is 1. The Kier molecular flexibility index (Phi) is 10.1. The summed E-state index contributed by atoms with van der Waals surface area (Å²) >= 11 is 0. The Bertz CT molecular complexity index is 2060. The van der Waals surface area contributed by atoms with Crippen LogP contribution >= 0.6 is 0 Å². The van der Waals surface area contributed by atoms with Gasteiger partial charge in [0.05, 0.1) is 21.3 Å². The summed E-state index contributed by atoms with van der Waals surface area (Å²) in [6.07, 6.45) is 7.09. The van der Waals surface area contributed by atoms with Crippen LogP contribution in [0.5, 0.6) is 23.0 Å². The SMILES string of the molecule is COc1cc(-c2cccc(CN3CCC(N(Cc4cccc(-c5cc(OC)c(OC)c(C6CC6)c5)c4)c4ccc(O)cc4)CC3)c2)cc(C2CC2)c1C. The molecule has 2 saturated carbocycles. The van der Waals surface area contributed by atoms with Crippen molar-refractivity contribution in [2.45, 2.75) is 76.4 Å².